The minimum absolute atomic E-state index is 0.0157. The molecular weight excluding hydrogens is 373 g/mol. The topological polar surface area (TPSA) is 66.9 Å². The van der Waals surface area contributed by atoms with Crippen molar-refractivity contribution in [3.05, 3.63) is 29.8 Å². The molecule has 0 bridgehead atoms. The summed E-state index contributed by atoms with van der Waals surface area (Å²) in [5.41, 5.74) is -2.00. The number of carbonyl (C=O) groups excluding carboxylic acids is 1. The van der Waals surface area contributed by atoms with Gasteiger partial charge >= 0.3 is 6.18 Å². The highest BCUT2D eigenvalue weighted by molar-refractivity contribution is 7.89. The number of alkyl halides is 3. The third-order valence-electron chi connectivity index (χ3n) is 5.33. The monoisotopic (exact) mass is 390 g/mol. The van der Waals surface area contributed by atoms with Crippen molar-refractivity contribution in [1.29, 1.82) is 0 Å². The summed E-state index contributed by atoms with van der Waals surface area (Å²) >= 11 is 0. The molecular formula is C16H17F3N2O4S. The molecule has 0 aromatic heterocycles. The molecule has 3 aliphatic heterocycles. The molecule has 4 rings (SSSR count). The van der Waals surface area contributed by atoms with Gasteiger partial charge in [0.25, 0.3) is 0 Å². The fraction of sp³-hybridized carbons (Fsp3) is 0.562. The largest absolute Gasteiger partial charge is 0.416 e. The van der Waals surface area contributed by atoms with Crippen LogP contribution in [0.5, 0.6) is 0 Å². The van der Waals surface area contributed by atoms with Gasteiger partial charge in [0.1, 0.15) is 0 Å². The zero-order valence-electron chi connectivity index (χ0n) is 13.7. The summed E-state index contributed by atoms with van der Waals surface area (Å²) in [4.78, 5) is 13.4. The molecule has 3 aliphatic rings. The molecule has 26 heavy (non-hydrogen) atoms. The highest BCUT2D eigenvalue weighted by atomic mass is 32.2. The van der Waals surface area contributed by atoms with Crippen molar-refractivity contribution < 1.29 is 31.1 Å². The summed E-state index contributed by atoms with van der Waals surface area (Å²) in [5.74, 6) is -0.182. The summed E-state index contributed by atoms with van der Waals surface area (Å²) in [5, 5.41) is 0. The molecule has 142 valence electrons. The maximum absolute atomic E-state index is 13.0. The predicted octanol–water partition coefficient (Wildman–Crippen LogP) is 1.82. The third kappa shape index (κ3) is 2.46. The highest BCUT2D eigenvalue weighted by Gasteiger charge is 2.63. The van der Waals surface area contributed by atoms with Crippen LogP contribution in [-0.4, -0.2) is 55.0 Å². The second-order valence-electron chi connectivity index (χ2n) is 6.70. The van der Waals surface area contributed by atoms with Crippen LogP contribution in [0.25, 0.3) is 0 Å². The number of amides is 1. The zero-order chi connectivity index (χ0) is 18.7. The molecule has 3 fully saturated rings. The lowest BCUT2D eigenvalue weighted by molar-refractivity contribution is -0.178. The van der Waals surface area contributed by atoms with E-state index in [4.69, 9.17) is 4.74 Å². The molecule has 3 heterocycles. The molecule has 1 spiro atoms. The minimum Gasteiger partial charge on any atom is -0.354 e. The molecule has 1 aromatic rings. The van der Waals surface area contributed by atoms with E-state index < -0.39 is 38.4 Å². The SMILES string of the molecule is O=C1C[C@H]2N(S(=O)(=O)c3cccc(C(F)(F)F)c3)CC[C@]23OCCCN13. The van der Waals surface area contributed by atoms with Gasteiger partial charge in [-0.2, -0.15) is 17.5 Å². The number of nitrogens with zero attached hydrogens (tertiary/aromatic N) is 2. The number of rotatable bonds is 2. The van der Waals surface area contributed by atoms with Gasteiger partial charge in [0, 0.05) is 25.9 Å². The number of ether oxygens (including phenoxy) is 1. The summed E-state index contributed by atoms with van der Waals surface area (Å²) in [6.07, 6.45) is -3.65. The first kappa shape index (κ1) is 17.7. The summed E-state index contributed by atoms with van der Waals surface area (Å²) in [6.45, 7) is 1.04. The summed E-state index contributed by atoms with van der Waals surface area (Å²) in [6, 6.07) is 2.97. The van der Waals surface area contributed by atoms with Crippen LogP contribution in [-0.2, 0) is 25.7 Å². The number of carbonyl (C=O) groups is 1. The normalized spacial score (nSPS) is 29.7. The highest BCUT2D eigenvalue weighted by Crippen LogP contribution is 2.46. The van der Waals surface area contributed by atoms with E-state index in [1.807, 2.05) is 0 Å². The first-order chi connectivity index (χ1) is 12.2. The van der Waals surface area contributed by atoms with E-state index in [9.17, 15) is 26.4 Å². The zero-order valence-corrected chi connectivity index (χ0v) is 14.5. The summed E-state index contributed by atoms with van der Waals surface area (Å²) < 4.78 is 71.8. The van der Waals surface area contributed by atoms with Crippen molar-refractivity contribution in [2.45, 2.75) is 42.1 Å². The van der Waals surface area contributed by atoms with E-state index in [0.717, 1.165) is 22.5 Å². The van der Waals surface area contributed by atoms with Crippen LogP contribution >= 0.6 is 0 Å². The van der Waals surface area contributed by atoms with Gasteiger partial charge in [-0.25, -0.2) is 8.42 Å². The molecule has 2 atom stereocenters. The summed E-state index contributed by atoms with van der Waals surface area (Å²) in [7, 11) is -4.18. The number of hydrogen-bond donors (Lipinski definition) is 0. The Bertz CT molecular complexity index is 857. The van der Waals surface area contributed by atoms with Gasteiger partial charge in [0.2, 0.25) is 15.9 Å². The predicted molar refractivity (Wildman–Crippen MR) is 83.4 cm³/mol. The van der Waals surface area contributed by atoms with Crippen LogP contribution in [0.1, 0.15) is 24.8 Å². The first-order valence-corrected chi connectivity index (χ1v) is 9.74. The van der Waals surface area contributed by atoms with E-state index >= 15 is 0 Å². The molecule has 1 aromatic carbocycles. The van der Waals surface area contributed by atoms with Gasteiger partial charge in [0.15, 0.2) is 5.72 Å². The van der Waals surface area contributed by atoms with Gasteiger partial charge in [0.05, 0.1) is 23.1 Å². The van der Waals surface area contributed by atoms with Gasteiger partial charge in [-0.1, -0.05) is 6.07 Å². The van der Waals surface area contributed by atoms with Crippen LogP contribution in [0.3, 0.4) is 0 Å². The lowest BCUT2D eigenvalue weighted by Crippen LogP contribution is -2.56. The lowest BCUT2D eigenvalue weighted by atomic mass is 10.0. The van der Waals surface area contributed by atoms with Crippen molar-refractivity contribution in [3.63, 3.8) is 0 Å². The third-order valence-corrected chi connectivity index (χ3v) is 7.23. The average molecular weight is 390 g/mol. The Morgan fingerprint density at radius 3 is 2.73 bits per heavy atom. The number of halogens is 3. The van der Waals surface area contributed by atoms with E-state index in [1.165, 1.54) is 0 Å². The maximum atomic E-state index is 13.0. The van der Waals surface area contributed by atoms with Crippen molar-refractivity contribution >= 4 is 15.9 Å². The van der Waals surface area contributed by atoms with Crippen LogP contribution in [0.4, 0.5) is 13.2 Å². The first-order valence-electron chi connectivity index (χ1n) is 8.30. The smallest absolute Gasteiger partial charge is 0.354 e. The molecule has 1 amide bonds. The number of benzene rings is 1. The number of hydrogen-bond acceptors (Lipinski definition) is 4. The van der Waals surface area contributed by atoms with E-state index in [0.29, 0.717) is 32.1 Å². The molecule has 3 saturated heterocycles. The van der Waals surface area contributed by atoms with Crippen LogP contribution in [0.15, 0.2) is 29.2 Å². The van der Waals surface area contributed by atoms with Crippen molar-refractivity contribution in [3.8, 4) is 0 Å². The van der Waals surface area contributed by atoms with Gasteiger partial charge in [-0.3, -0.25) is 4.79 Å². The molecule has 0 unspecified atom stereocenters. The second-order valence-corrected chi connectivity index (χ2v) is 8.59. The van der Waals surface area contributed by atoms with Gasteiger partial charge < -0.3 is 9.64 Å². The molecule has 0 aliphatic carbocycles. The Kier molecular flexibility index (Phi) is 3.87. The van der Waals surface area contributed by atoms with Gasteiger partial charge in [-0.15, -0.1) is 0 Å². The maximum Gasteiger partial charge on any atom is 0.416 e. The minimum atomic E-state index is -4.63. The fourth-order valence-electron chi connectivity index (χ4n) is 4.17. The van der Waals surface area contributed by atoms with E-state index in [2.05, 4.69) is 0 Å². The fourth-order valence-corrected chi connectivity index (χ4v) is 5.87. The van der Waals surface area contributed by atoms with Crippen LogP contribution < -0.4 is 0 Å². The Hall–Kier alpha value is -1.65. The standard InChI is InChI=1S/C16H17F3N2O4S/c17-16(18,19)11-3-1-4-12(9-11)26(23,24)21-7-5-15-13(21)10-14(22)20(15)6-2-8-25-15/h1,3-4,9,13H,2,5-8,10H2/t13-,15+/m1/s1. The van der Waals surface area contributed by atoms with Crippen LogP contribution in [0, 0.1) is 0 Å². The van der Waals surface area contributed by atoms with Crippen molar-refractivity contribution in [2.75, 3.05) is 19.7 Å². The molecule has 6 nitrogen and oxygen atoms in total. The van der Waals surface area contributed by atoms with Crippen molar-refractivity contribution in [1.82, 2.24) is 9.21 Å². The lowest BCUT2D eigenvalue weighted by Gasteiger charge is -2.42. The molecule has 0 saturated carbocycles. The Labute approximate surface area is 148 Å². The second kappa shape index (κ2) is 5.67. The molecule has 10 heteroatoms. The molecule has 0 radical (unpaired) electrons. The van der Waals surface area contributed by atoms with Crippen molar-refractivity contribution in [2.24, 2.45) is 0 Å². The van der Waals surface area contributed by atoms with Crippen LogP contribution in [0.2, 0.25) is 0 Å². The van der Waals surface area contributed by atoms with E-state index in [1.54, 1.807) is 4.90 Å². The number of sulfonamides is 1. The van der Waals surface area contributed by atoms with E-state index in [-0.39, 0.29) is 18.9 Å². The van der Waals surface area contributed by atoms with Gasteiger partial charge in [-0.05, 0) is 24.6 Å². The molecule has 0 N–H and O–H groups in total. The Morgan fingerprint density at radius 2 is 2.00 bits per heavy atom. The average Bonchev–Trinajstić information content (AvgIpc) is 3.07. The quantitative estimate of drug-likeness (QED) is 0.773. The Morgan fingerprint density at radius 1 is 1.23 bits per heavy atom. The Balaban J connectivity index is 1.71.